The zero-order valence-electron chi connectivity index (χ0n) is 9.86. The molecule has 1 aromatic carbocycles. The largest absolute Gasteiger partial charge is 0.481 e. The average Bonchev–Trinajstić information content (AvgIpc) is 2.17. The fourth-order valence-corrected chi connectivity index (χ4v) is 1.76. The first-order valence-electron chi connectivity index (χ1n) is 5.56. The fraction of sp³-hybridized carbons (Fsp3) is 0.462. The minimum Gasteiger partial charge on any atom is -0.481 e. The van der Waals surface area contributed by atoms with Gasteiger partial charge in [-0.25, -0.2) is 0 Å². The number of carbonyl (C=O) groups is 1. The Morgan fingerprint density at radius 2 is 1.94 bits per heavy atom. The molecule has 16 heavy (non-hydrogen) atoms. The van der Waals surface area contributed by atoms with Crippen LogP contribution in [0.3, 0.4) is 0 Å². The fourth-order valence-electron chi connectivity index (χ4n) is 1.76. The number of aliphatic carboxylic acids is 1. The van der Waals surface area contributed by atoms with E-state index in [2.05, 4.69) is 6.92 Å². The highest BCUT2D eigenvalue weighted by molar-refractivity contribution is 5.68. The molecule has 3 N–H and O–H groups in total. The lowest BCUT2D eigenvalue weighted by Gasteiger charge is -2.23. The molecular formula is C13H19NO2. The molecule has 0 saturated carbocycles. The first-order valence-corrected chi connectivity index (χ1v) is 5.56. The molecule has 0 spiro atoms. The first kappa shape index (κ1) is 12.7. The van der Waals surface area contributed by atoms with Crippen molar-refractivity contribution in [2.24, 2.45) is 5.73 Å². The normalized spacial score (nSPS) is 14.4. The van der Waals surface area contributed by atoms with E-state index in [9.17, 15) is 4.79 Å². The summed E-state index contributed by atoms with van der Waals surface area (Å²) in [5, 5.41) is 8.77. The Balaban J connectivity index is 2.83. The predicted molar refractivity (Wildman–Crippen MR) is 64.2 cm³/mol. The van der Waals surface area contributed by atoms with E-state index in [1.54, 1.807) is 6.92 Å². The minimum atomic E-state index is -0.873. The molecule has 3 nitrogen and oxygen atoms in total. The summed E-state index contributed by atoms with van der Waals surface area (Å²) < 4.78 is 0. The van der Waals surface area contributed by atoms with Crippen LogP contribution < -0.4 is 5.73 Å². The Labute approximate surface area is 96.3 Å². The number of aryl methyl sites for hydroxylation is 1. The molecule has 0 aromatic heterocycles. The van der Waals surface area contributed by atoms with E-state index >= 15 is 0 Å². The number of nitrogens with two attached hydrogens (primary N) is 1. The van der Waals surface area contributed by atoms with Crippen LogP contribution in [0.15, 0.2) is 24.3 Å². The molecular weight excluding hydrogens is 202 g/mol. The Kier molecular flexibility index (Phi) is 4.07. The highest BCUT2D eigenvalue weighted by atomic mass is 16.4. The van der Waals surface area contributed by atoms with Gasteiger partial charge in [0, 0.05) is 5.54 Å². The number of carboxylic acids is 1. The summed E-state index contributed by atoms with van der Waals surface area (Å²) in [6.07, 6.45) is 2.09. The molecule has 0 fully saturated rings. The second-order valence-corrected chi connectivity index (χ2v) is 4.43. The van der Waals surface area contributed by atoms with Gasteiger partial charge in [-0.15, -0.1) is 0 Å². The van der Waals surface area contributed by atoms with Crippen molar-refractivity contribution >= 4 is 5.97 Å². The van der Waals surface area contributed by atoms with E-state index in [-0.39, 0.29) is 6.42 Å². The standard InChI is InChI=1S/C13H19NO2/c1-3-4-10-5-7-11(8-6-10)13(2,14)9-12(15)16/h5-8H,3-4,9,14H2,1-2H3,(H,15,16). The van der Waals surface area contributed by atoms with E-state index in [0.29, 0.717) is 0 Å². The molecule has 1 aromatic rings. The van der Waals surface area contributed by atoms with Crippen molar-refractivity contribution in [2.75, 3.05) is 0 Å². The quantitative estimate of drug-likeness (QED) is 0.801. The van der Waals surface area contributed by atoms with Gasteiger partial charge >= 0.3 is 5.97 Å². The number of hydrogen-bond donors (Lipinski definition) is 2. The smallest absolute Gasteiger partial charge is 0.305 e. The summed E-state index contributed by atoms with van der Waals surface area (Å²) in [5.74, 6) is -0.873. The van der Waals surface area contributed by atoms with Gasteiger partial charge in [0.15, 0.2) is 0 Å². The van der Waals surface area contributed by atoms with Crippen LogP contribution in [0.2, 0.25) is 0 Å². The van der Waals surface area contributed by atoms with Gasteiger partial charge in [-0.3, -0.25) is 4.79 Å². The first-order chi connectivity index (χ1) is 7.45. The van der Waals surface area contributed by atoms with Gasteiger partial charge < -0.3 is 10.8 Å². The molecule has 3 heteroatoms. The van der Waals surface area contributed by atoms with Crippen LogP contribution >= 0.6 is 0 Å². The minimum absolute atomic E-state index is 0.0554. The van der Waals surface area contributed by atoms with E-state index < -0.39 is 11.5 Å². The van der Waals surface area contributed by atoms with E-state index in [1.807, 2.05) is 24.3 Å². The highest BCUT2D eigenvalue weighted by Crippen LogP contribution is 2.22. The van der Waals surface area contributed by atoms with Crippen molar-refractivity contribution in [2.45, 2.75) is 38.6 Å². The van der Waals surface area contributed by atoms with Crippen LogP contribution in [-0.2, 0) is 16.8 Å². The van der Waals surface area contributed by atoms with Gasteiger partial charge in [0.25, 0.3) is 0 Å². The lowest BCUT2D eigenvalue weighted by molar-refractivity contribution is -0.138. The van der Waals surface area contributed by atoms with Crippen molar-refractivity contribution < 1.29 is 9.90 Å². The highest BCUT2D eigenvalue weighted by Gasteiger charge is 2.24. The van der Waals surface area contributed by atoms with Gasteiger partial charge in [0.05, 0.1) is 6.42 Å². The summed E-state index contributed by atoms with van der Waals surface area (Å²) in [6.45, 7) is 3.88. The van der Waals surface area contributed by atoms with Gasteiger partial charge in [0.2, 0.25) is 0 Å². The molecule has 0 radical (unpaired) electrons. The monoisotopic (exact) mass is 221 g/mol. The third-order valence-corrected chi connectivity index (χ3v) is 2.67. The molecule has 88 valence electrons. The Bertz CT molecular complexity index is 355. The third-order valence-electron chi connectivity index (χ3n) is 2.67. The molecule has 0 heterocycles. The van der Waals surface area contributed by atoms with E-state index in [0.717, 1.165) is 18.4 Å². The Morgan fingerprint density at radius 1 is 1.38 bits per heavy atom. The summed E-state index contributed by atoms with van der Waals surface area (Å²) in [4.78, 5) is 10.7. The van der Waals surface area contributed by atoms with Crippen LogP contribution in [0.5, 0.6) is 0 Å². The zero-order chi connectivity index (χ0) is 12.2. The van der Waals surface area contributed by atoms with Crippen molar-refractivity contribution in [1.82, 2.24) is 0 Å². The Hall–Kier alpha value is -1.35. The SMILES string of the molecule is CCCc1ccc(C(C)(N)CC(=O)O)cc1. The second kappa shape index (κ2) is 5.12. The molecule has 1 atom stereocenters. The molecule has 0 bridgehead atoms. The second-order valence-electron chi connectivity index (χ2n) is 4.43. The lowest BCUT2D eigenvalue weighted by Crippen LogP contribution is -2.35. The summed E-state index contributed by atoms with van der Waals surface area (Å²) in [6, 6.07) is 7.89. The lowest BCUT2D eigenvalue weighted by atomic mass is 9.89. The van der Waals surface area contributed by atoms with Crippen molar-refractivity contribution in [3.05, 3.63) is 35.4 Å². The average molecular weight is 221 g/mol. The number of carboxylic acid groups (broad SMARTS) is 1. The number of rotatable bonds is 5. The van der Waals surface area contributed by atoms with E-state index in [4.69, 9.17) is 10.8 Å². The number of benzene rings is 1. The van der Waals surface area contributed by atoms with Gasteiger partial charge in [0.1, 0.15) is 0 Å². The predicted octanol–water partition coefficient (Wildman–Crippen LogP) is 2.29. The maximum absolute atomic E-state index is 10.7. The third kappa shape index (κ3) is 3.35. The molecule has 0 aliphatic carbocycles. The van der Waals surface area contributed by atoms with Crippen LogP contribution in [-0.4, -0.2) is 11.1 Å². The van der Waals surface area contributed by atoms with Crippen LogP contribution in [0.4, 0.5) is 0 Å². The molecule has 1 unspecified atom stereocenters. The van der Waals surface area contributed by atoms with Crippen LogP contribution in [0.1, 0.15) is 37.8 Å². The van der Waals surface area contributed by atoms with Gasteiger partial charge in [-0.2, -0.15) is 0 Å². The maximum Gasteiger partial charge on any atom is 0.305 e. The van der Waals surface area contributed by atoms with Crippen LogP contribution in [0.25, 0.3) is 0 Å². The van der Waals surface area contributed by atoms with Gasteiger partial charge in [-0.1, -0.05) is 37.6 Å². The molecule has 0 saturated heterocycles. The Morgan fingerprint density at radius 3 is 2.38 bits per heavy atom. The van der Waals surface area contributed by atoms with E-state index in [1.165, 1.54) is 5.56 Å². The molecule has 0 aliphatic rings. The topological polar surface area (TPSA) is 63.3 Å². The summed E-state index contributed by atoms with van der Waals surface area (Å²) >= 11 is 0. The maximum atomic E-state index is 10.7. The zero-order valence-corrected chi connectivity index (χ0v) is 9.86. The van der Waals surface area contributed by atoms with Crippen molar-refractivity contribution in [3.8, 4) is 0 Å². The molecule has 1 rings (SSSR count). The molecule has 0 amide bonds. The molecule has 0 aliphatic heterocycles. The van der Waals surface area contributed by atoms with Gasteiger partial charge in [-0.05, 0) is 24.5 Å². The summed E-state index contributed by atoms with van der Waals surface area (Å²) in [5.41, 5.74) is 7.32. The number of hydrogen-bond acceptors (Lipinski definition) is 2. The van der Waals surface area contributed by atoms with Crippen LogP contribution in [0, 0.1) is 0 Å². The van der Waals surface area contributed by atoms with Crippen molar-refractivity contribution in [1.29, 1.82) is 0 Å². The summed E-state index contributed by atoms with van der Waals surface area (Å²) in [7, 11) is 0. The van der Waals surface area contributed by atoms with Crippen molar-refractivity contribution in [3.63, 3.8) is 0 Å².